The van der Waals surface area contributed by atoms with Crippen LogP contribution in [0.15, 0.2) is 77.7 Å². The third-order valence-electron chi connectivity index (χ3n) is 4.56. The maximum Gasteiger partial charge on any atom is 0.265 e. The van der Waals surface area contributed by atoms with Gasteiger partial charge in [0.05, 0.1) is 10.6 Å². The molecule has 0 aliphatic carbocycles. The molecule has 0 fully saturated rings. The van der Waals surface area contributed by atoms with Gasteiger partial charge in [0.1, 0.15) is 5.75 Å². The highest BCUT2D eigenvalue weighted by Crippen LogP contribution is 2.22. The van der Waals surface area contributed by atoms with Crippen LogP contribution in [0.5, 0.6) is 5.75 Å². The molecule has 0 aromatic heterocycles. The van der Waals surface area contributed by atoms with Crippen LogP contribution < -0.4 is 14.8 Å². The number of hydrogen-bond donors (Lipinski definition) is 2. The van der Waals surface area contributed by atoms with Gasteiger partial charge in [-0.25, -0.2) is 8.42 Å². The molecule has 6 nitrogen and oxygen atoms in total. The topological polar surface area (TPSA) is 84.5 Å². The molecule has 162 valence electrons. The molecule has 0 saturated heterocycles. The Bertz CT molecular complexity index is 1160. The van der Waals surface area contributed by atoms with Gasteiger partial charge in [-0.1, -0.05) is 42.8 Å². The van der Waals surface area contributed by atoms with Gasteiger partial charge in [0.2, 0.25) is 0 Å². The summed E-state index contributed by atoms with van der Waals surface area (Å²) in [5.41, 5.74) is 1.80. The summed E-state index contributed by atoms with van der Waals surface area (Å²) in [5.74, 6) is 0.161. The van der Waals surface area contributed by atoms with E-state index in [-0.39, 0.29) is 10.8 Å². The smallest absolute Gasteiger partial charge is 0.265 e. The van der Waals surface area contributed by atoms with Crippen molar-refractivity contribution in [3.8, 4) is 5.75 Å². The van der Waals surface area contributed by atoms with E-state index in [1.165, 1.54) is 24.3 Å². The number of anilines is 2. The lowest BCUT2D eigenvalue weighted by atomic mass is 10.2. The highest BCUT2D eigenvalue weighted by atomic mass is 35.5. The van der Waals surface area contributed by atoms with Crippen molar-refractivity contribution in [3.63, 3.8) is 0 Å². The number of rotatable bonds is 8. The van der Waals surface area contributed by atoms with Gasteiger partial charge in [0.15, 0.2) is 6.10 Å². The molecule has 31 heavy (non-hydrogen) atoms. The summed E-state index contributed by atoms with van der Waals surface area (Å²) in [6.07, 6.45) is -0.268. The second-order valence-electron chi connectivity index (χ2n) is 6.91. The van der Waals surface area contributed by atoms with Crippen LogP contribution in [0.25, 0.3) is 0 Å². The van der Waals surface area contributed by atoms with Crippen LogP contribution in [-0.4, -0.2) is 20.4 Å². The van der Waals surface area contributed by atoms with Crippen molar-refractivity contribution in [2.45, 2.75) is 31.3 Å². The number of nitrogens with one attached hydrogen (secondary N) is 2. The normalized spacial score (nSPS) is 12.1. The molecule has 3 rings (SSSR count). The van der Waals surface area contributed by atoms with Crippen molar-refractivity contribution < 1.29 is 17.9 Å². The van der Waals surface area contributed by atoms with Gasteiger partial charge in [-0.2, -0.15) is 0 Å². The predicted octanol–water partition coefficient (Wildman–Crippen LogP) is 5.25. The van der Waals surface area contributed by atoms with Crippen molar-refractivity contribution in [3.05, 3.63) is 83.4 Å². The zero-order valence-corrected chi connectivity index (χ0v) is 18.7. The van der Waals surface area contributed by atoms with Gasteiger partial charge in [-0.15, -0.1) is 0 Å². The summed E-state index contributed by atoms with van der Waals surface area (Å²) in [5, 5.41) is 3.27. The van der Waals surface area contributed by atoms with E-state index in [0.717, 1.165) is 5.56 Å². The van der Waals surface area contributed by atoms with Gasteiger partial charge >= 0.3 is 0 Å². The van der Waals surface area contributed by atoms with Crippen LogP contribution in [0.3, 0.4) is 0 Å². The van der Waals surface area contributed by atoms with Gasteiger partial charge in [0, 0.05) is 10.7 Å². The number of aryl methyl sites for hydroxylation is 1. The Morgan fingerprint density at radius 3 is 2.39 bits per heavy atom. The van der Waals surface area contributed by atoms with Crippen LogP contribution in [0, 0.1) is 6.92 Å². The van der Waals surface area contributed by atoms with E-state index in [2.05, 4.69) is 10.0 Å². The van der Waals surface area contributed by atoms with Crippen LogP contribution >= 0.6 is 11.6 Å². The summed E-state index contributed by atoms with van der Waals surface area (Å²) in [4.78, 5) is 12.7. The Morgan fingerprint density at radius 1 is 1.03 bits per heavy atom. The van der Waals surface area contributed by atoms with Crippen molar-refractivity contribution in [2.24, 2.45) is 0 Å². The van der Waals surface area contributed by atoms with E-state index in [1.54, 1.807) is 36.4 Å². The molecule has 3 aromatic carbocycles. The second kappa shape index (κ2) is 9.85. The molecular formula is C23H23ClN2O4S. The van der Waals surface area contributed by atoms with E-state index in [0.29, 0.717) is 28.6 Å². The molecule has 0 spiro atoms. The number of amides is 1. The van der Waals surface area contributed by atoms with Crippen LogP contribution in [-0.2, 0) is 14.8 Å². The zero-order valence-electron chi connectivity index (χ0n) is 17.1. The first kappa shape index (κ1) is 22.7. The Labute approximate surface area is 187 Å². The quantitative estimate of drug-likeness (QED) is 0.483. The summed E-state index contributed by atoms with van der Waals surface area (Å²) in [7, 11) is -3.75. The van der Waals surface area contributed by atoms with Gasteiger partial charge in [-0.05, 0) is 67.4 Å². The van der Waals surface area contributed by atoms with Crippen LogP contribution in [0.4, 0.5) is 11.4 Å². The molecule has 0 bridgehead atoms. The van der Waals surface area contributed by atoms with E-state index in [1.807, 2.05) is 26.0 Å². The molecule has 3 aromatic rings. The first-order valence-corrected chi connectivity index (χ1v) is 11.6. The maximum atomic E-state index is 12.6. The number of carbonyl (C=O) groups is 1. The van der Waals surface area contributed by atoms with E-state index in [4.69, 9.17) is 16.3 Å². The molecule has 2 N–H and O–H groups in total. The molecule has 0 saturated carbocycles. The van der Waals surface area contributed by atoms with E-state index < -0.39 is 16.1 Å². The predicted molar refractivity (Wildman–Crippen MR) is 123 cm³/mol. The molecule has 1 atom stereocenters. The lowest BCUT2D eigenvalue weighted by Gasteiger charge is -2.17. The van der Waals surface area contributed by atoms with Crippen molar-refractivity contribution >= 4 is 38.9 Å². The third-order valence-corrected chi connectivity index (χ3v) is 6.18. The molecule has 0 aliphatic heterocycles. The fraction of sp³-hybridized carbons (Fsp3) is 0.174. The van der Waals surface area contributed by atoms with Gasteiger partial charge in [-0.3, -0.25) is 9.52 Å². The molecule has 0 aliphatic rings. The number of halogens is 1. The Balaban J connectivity index is 1.67. The molecule has 0 radical (unpaired) electrons. The van der Waals surface area contributed by atoms with Crippen LogP contribution in [0.2, 0.25) is 5.02 Å². The van der Waals surface area contributed by atoms with Crippen molar-refractivity contribution in [1.82, 2.24) is 0 Å². The average Bonchev–Trinajstić information content (AvgIpc) is 2.74. The lowest BCUT2D eigenvalue weighted by molar-refractivity contribution is -0.122. The van der Waals surface area contributed by atoms with Crippen molar-refractivity contribution in [1.29, 1.82) is 0 Å². The minimum absolute atomic E-state index is 0.0935. The minimum atomic E-state index is -3.75. The molecule has 8 heteroatoms. The molecule has 0 heterocycles. The maximum absolute atomic E-state index is 12.6. The molecule has 1 unspecified atom stereocenters. The molecule has 1 amide bonds. The summed E-state index contributed by atoms with van der Waals surface area (Å²) >= 11 is 5.96. The number of sulfonamides is 1. The minimum Gasteiger partial charge on any atom is -0.481 e. The van der Waals surface area contributed by atoms with E-state index in [9.17, 15) is 13.2 Å². The zero-order chi connectivity index (χ0) is 22.4. The second-order valence-corrected chi connectivity index (χ2v) is 9.03. The summed E-state index contributed by atoms with van der Waals surface area (Å²) in [6, 6.07) is 19.9. The van der Waals surface area contributed by atoms with Crippen molar-refractivity contribution in [2.75, 3.05) is 10.0 Å². The lowest BCUT2D eigenvalue weighted by Crippen LogP contribution is -2.32. The van der Waals surface area contributed by atoms with Gasteiger partial charge in [0.25, 0.3) is 15.9 Å². The SMILES string of the molecule is CCC(Oc1cccc(Cl)c1)C(=O)Nc1ccc(S(=O)(=O)Nc2ccccc2C)cc1. The van der Waals surface area contributed by atoms with Gasteiger partial charge < -0.3 is 10.1 Å². The number of ether oxygens (including phenoxy) is 1. The summed E-state index contributed by atoms with van der Waals surface area (Å²) in [6.45, 7) is 3.66. The summed E-state index contributed by atoms with van der Waals surface area (Å²) < 4.78 is 33.6. The Morgan fingerprint density at radius 2 is 1.74 bits per heavy atom. The highest BCUT2D eigenvalue weighted by molar-refractivity contribution is 7.92. The largest absolute Gasteiger partial charge is 0.481 e. The first-order valence-electron chi connectivity index (χ1n) is 9.70. The van der Waals surface area contributed by atoms with Crippen LogP contribution in [0.1, 0.15) is 18.9 Å². The fourth-order valence-electron chi connectivity index (χ4n) is 2.86. The molecular weight excluding hydrogens is 436 g/mol. The number of para-hydroxylation sites is 1. The highest BCUT2D eigenvalue weighted by Gasteiger charge is 2.20. The standard InChI is InChI=1S/C23H23ClN2O4S/c1-3-22(30-19-9-6-8-17(24)15-19)23(27)25-18-11-13-20(14-12-18)31(28,29)26-21-10-5-4-7-16(21)2/h4-15,22,26H,3H2,1-2H3,(H,25,27). The Kier molecular flexibility index (Phi) is 7.20. The monoisotopic (exact) mass is 458 g/mol. The third kappa shape index (κ3) is 5.99. The first-order chi connectivity index (χ1) is 14.8. The number of hydrogen-bond acceptors (Lipinski definition) is 4. The fourth-order valence-corrected chi connectivity index (χ4v) is 4.17. The Hall–Kier alpha value is -3.03. The van der Waals surface area contributed by atoms with E-state index >= 15 is 0 Å². The number of carbonyl (C=O) groups excluding carboxylic acids is 1. The average molecular weight is 459 g/mol. The number of benzene rings is 3.